The van der Waals surface area contributed by atoms with E-state index in [1.807, 2.05) is 0 Å². The summed E-state index contributed by atoms with van der Waals surface area (Å²) in [6, 6.07) is 0. The highest BCUT2D eigenvalue weighted by Crippen LogP contribution is 2.52. The summed E-state index contributed by atoms with van der Waals surface area (Å²) in [6.45, 7) is 0. The van der Waals surface area contributed by atoms with Crippen molar-refractivity contribution in [2.75, 3.05) is 7.11 Å². The molecule has 2 unspecified atom stereocenters. The summed E-state index contributed by atoms with van der Waals surface area (Å²) in [5, 5.41) is 0. The third-order valence-electron chi connectivity index (χ3n) is 2.23. The topological polar surface area (TPSA) is 9.23 Å². The maximum atomic E-state index is 12.8. The lowest BCUT2D eigenvalue weighted by molar-refractivity contribution is -0.336. The fraction of sp³-hybridized carbons (Fsp3) is 1.00. The van der Waals surface area contributed by atoms with E-state index >= 15 is 0 Å². The normalized spacial score (nSPS) is 37.6. The van der Waals surface area contributed by atoms with Gasteiger partial charge >= 0.3 is 11.8 Å². The molecule has 1 saturated carbocycles. The van der Waals surface area contributed by atoms with E-state index in [-0.39, 0.29) is 0 Å². The Morgan fingerprint density at radius 1 is 1.07 bits per heavy atom. The van der Waals surface area contributed by atoms with E-state index in [9.17, 15) is 30.7 Å². The lowest BCUT2D eigenvalue weighted by atomic mass is 9.85. The Kier molecular flexibility index (Phi) is 2.70. The Bertz CT molecular complexity index is 252. The van der Waals surface area contributed by atoms with E-state index < -0.39 is 36.5 Å². The van der Waals surface area contributed by atoms with Crippen molar-refractivity contribution in [1.82, 2.24) is 0 Å². The second-order valence-electron chi connectivity index (χ2n) is 3.32. The number of rotatable bonds is 1. The van der Waals surface area contributed by atoms with Gasteiger partial charge in [-0.25, -0.2) is 13.2 Å². The van der Waals surface area contributed by atoms with Gasteiger partial charge in [0.15, 0.2) is 12.3 Å². The van der Waals surface area contributed by atoms with Crippen molar-refractivity contribution in [3.8, 4) is 0 Å². The standard InChI is InChI=1S/C7H7F7O/c1-15-4-3(8)5(9,10)2-6(11,12)7(4,13)14/h3-4H,2H2,1H3. The quantitative estimate of drug-likeness (QED) is 0.640. The first-order valence-corrected chi connectivity index (χ1v) is 3.86. The van der Waals surface area contributed by atoms with Crippen molar-refractivity contribution < 1.29 is 35.5 Å². The summed E-state index contributed by atoms with van der Waals surface area (Å²) in [4.78, 5) is 0. The summed E-state index contributed by atoms with van der Waals surface area (Å²) in [5.41, 5.74) is 0. The van der Waals surface area contributed by atoms with Gasteiger partial charge in [-0.2, -0.15) is 17.6 Å². The van der Waals surface area contributed by atoms with Crippen molar-refractivity contribution in [2.24, 2.45) is 0 Å². The van der Waals surface area contributed by atoms with Crippen LogP contribution in [0.5, 0.6) is 0 Å². The molecule has 0 saturated heterocycles. The maximum Gasteiger partial charge on any atom is 0.338 e. The number of hydrogen-bond acceptors (Lipinski definition) is 1. The number of methoxy groups -OCH3 is 1. The molecule has 0 aliphatic heterocycles. The van der Waals surface area contributed by atoms with Crippen molar-refractivity contribution in [3.63, 3.8) is 0 Å². The second-order valence-corrected chi connectivity index (χ2v) is 3.32. The van der Waals surface area contributed by atoms with Crippen molar-refractivity contribution in [3.05, 3.63) is 0 Å². The highest BCUT2D eigenvalue weighted by molar-refractivity contribution is 5.07. The molecule has 0 radical (unpaired) electrons. The van der Waals surface area contributed by atoms with Gasteiger partial charge in [-0.1, -0.05) is 0 Å². The molecule has 0 heterocycles. The summed E-state index contributed by atoms with van der Waals surface area (Å²) < 4.78 is 92.5. The lowest BCUT2D eigenvalue weighted by Gasteiger charge is -2.42. The van der Waals surface area contributed by atoms with E-state index in [1.54, 1.807) is 0 Å². The van der Waals surface area contributed by atoms with E-state index in [0.29, 0.717) is 7.11 Å². The molecule has 15 heavy (non-hydrogen) atoms. The molecule has 0 aromatic heterocycles. The molecule has 0 amide bonds. The van der Waals surface area contributed by atoms with Crippen LogP contribution >= 0.6 is 0 Å². The Labute approximate surface area is 80.2 Å². The summed E-state index contributed by atoms with van der Waals surface area (Å²) >= 11 is 0. The van der Waals surface area contributed by atoms with Gasteiger partial charge in [-0.05, 0) is 0 Å². The Balaban J connectivity index is 3.13. The first kappa shape index (κ1) is 12.5. The predicted molar refractivity (Wildman–Crippen MR) is 35.2 cm³/mol. The smallest absolute Gasteiger partial charge is 0.338 e. The zero-order valence-corrected chi connectivity index (χ0v) is 7.42. The monoisotopic (exact) mass is 240 g/mol. The highest BCUT2D eigenvalue weighted by atomic mass is 19.3. The third kappa shape index (κ3) is 1.68. The molecule has 0 aromatic rings. The Hall–Kier alpha value is -0.530. The summed E-state index contributed by atoms with van der Waals surface area (Å²) in [5.74, 6) is -14.4. The van der Waals surface area contributed by atoms with Crippen molar-refractivity contribution in [2.45, 2.75) is 36.5 Å². The second kappa shape index (κ2) is 3.23. The molecule has 0 N–H and O–H groups in total. The van der Waals surface area contributed by atoms with E-state index in [0.717, 1.165) is 0 Å². The van der Waals surface area contributed by atoms with Gasteiger partial charge < -0.3 is 4.74 Å². The minimum absolute atomic E-state index is 0.475. The molecule has 2 atom stereocenters. The average Bonchev–Trinajstić information content (AvgIpc) is 2.00. The van der Waals surface area contributed by atoms with Crippen LogP contribution in [-0.4, -0.2) is 37.2 Å². The number of ether oxygens (including phenoxy) is 1. The third-order valence-corrected chi connectivity index (χ3v) is 2.23. The van der Waals surface area contributed by atoms with Gasteiger partial charge in [0.1, 0.15) is 0 Å². The molecule has 1 nitrogen and oxygen atoms in total. The zero-order valence-electron chi connectivity index (χ0n) is 7.42. The van der Waals surface area contributed by atoms with E-state index in [4.69, 9.17) is 0 Å². The number of halogens is 7. The van der Waals surface area contributed by atoms with Gasteiger partial charge in [0, 0.05) is 7.11 Å². The molecule has 90 valence electrons. The van der Waals surface area contributed by atoms with Crippen LogP contribution in [0, 0.1) is 0 Å². The van der Waals surface area contributed by atoms with Crippen LogP contribution in [0.2, 0.25) is 0 Å². The van der Waals surface area contributed by atoms with Crippen LogP contribution in [-0.2, 0) is 4.74 Å². The van der Waals surface area contributed by atoms with Crippen molar-refractivity contribution >= 4 is 0 Å². The summed E-state index contributed by atoms with van der Waals surface area (Å²) in [7, 11) is 0.475. The fourth-order valence-corrected chi connectivity index (χ4v) is 1.39. The van der Waals surface area contributed by atoms with Crippen LogP contribution in [0.1, 0.15) is 6.42 Å². The molecule has 8 heteroatoms. The Morgan fingerprint density at radius 2 is 1.53 bits per heavy atom. The molecular weight excluding hydrogens is 233 g/mol. The first-order chi connectivity index (χ1) is 6.56. The average molecular weight is 240 g/mol. The van der Waals surface area contributed by atoms with Gasteiger partial charge in [-0.15, -0.1) is 0 Å². The molecule has 1 fully saturated rings. The van der Waals surface area contributed by atoms with Gasteiger partial charge in [0.05, 0.1) is 6.42 Å². The maximum absolute atomic E-state index is 12.8. The molecule has 1 aliphatic rings. The predicted octanol–water partition coefficient (Wildman–Crippen LogP) is 2.65. The van der Waals surface area contributed by atoms with Crippen molar-refractivity contribution in [1.29, 1.82) is 0 Å². The largest absolute Gasteiger partial charge is 0.372 e. The lowest BCUT2D eigenvalue weighted by Crippen LogP contribution is -2.65. The van der Waals surface area contributed by atoms with Gasteiger partial charge in [0.25, 0.3) is 5.92 Å². The first-order valence-electron chi connectivity index (χ1n) is 3.86. The van der Waals surface area contributed by atoms with Crippen LogP contribution in [0.4, 0.5) is 30.7 Å². The molecule has 0 aromatic carbocycles. The minimum Gasteiger partial charge on any atom is -0.372 e. The van der Waals surface area contributed by atoms with E-state index in [1.165, 1.54) is 0 Å². The summed E-state index contributed by atoms with van der Waals surface area (Å²) in [6.07, 6.45) is -9.11. The minimum atomic E-state index is -4.99. The number of alkyl halides is 7. The molecule has 1 aliphatic carbocycles. The zero-order chi connectivity index (χ0) is 12.1. The molecule has 1 rings (SSSR count). The Morgan fingerprint density at radius 3 is 1.93 bits per heavy atom. The molecular formula is C7H7F7O. The molecule has 0 spiro atoms. The van der Waals surface area contributed by atoms with E-state index in [2.05, 4.69) is 4.74 Å². The van der Waals surface area contributed by atoms with Gasteiger partial charge in [-0.3, -0.25) is 0 Å². The van der Waals surface area contributed by atoms with Crippen LogP contribution < -0.4 is 0 Å². The highest BCUT2D eigenvalue weighted by Gasteiger charge is 2.74. The van der Waals surface area contributed by atoms with Crippen LogP contribution in [0.25, 0.3) is 0 Å². The fourth-order valence-electron chi connectivity index (χ4n) is 1.39. The van der Waals surface area contributed by atoms with Crippen LogP contribution in [0.15, 0.2) is 0 Å². The van der Waals surface area contributed by atoms with Gasteiger partial charge in [0.2, 0.25) is 0 Å². The SMILES string of the molecule is COC1C(F)C(F)(F)CC(F)(F)C1(F)F. The number of hydrogen-bond donors (Lipinski definition) is 0. The van der Waals surface area contributed by atoms with Crippen LogP contribution in [0.3, 0.4) is 0 Å². The molecule has 0 bridgehead atoms.